The lowest BCUT2D eigenvalue weighted by Crippen LogP contribution is -2.37. The highest BCUT2D eigenvalue weighted by Gasteiger charge is 2.15. The standard InChI is InChI=1S/C16H32O5.C4H10N3O5P/c17-13-9-5-4-7-11-15(19)14(18)10-6-2-1-3-8-12-16(20)21;1-7(2-3(8)9)4(5)6-13(10,11)12/h14-15,17-19H,1-13H2,(H,20,21);2H2,1H3,(H,8,9)(H4,5,6,10,11,12). The predicted octanol–water partition coefficient (Wildman–Crippen LogP) is 0.877. The van der Waals surface area contributed by atoms with Crippen LogP contribution in [0.25, 0.3) is 0 Å². The van der Waals surface area contributed by atoms with Crippen molar-refractivity contribution in [1.82, 2.24) is 4.90 Å². The van der Waals surface area contributed by atoms with Gasteiger partial charge in [-0.1, -0.05) is 44.9 Å². The van der Waals surface area contributed by atoms with Crippen LogP contribution in [0.2, 0.25) is 0 Å². The lowest BCUT2D eigenvalue weighted by molar-refractivity contribution is -0.138. The van der Waals surface area contributed by atoms with E-state index in [0.29, 0.717) is 19.3 Å². The molecule has 9 N–H and O–H groups in total. The number of hydrogen-bond acceptors (Lipinski definition) is 6. The summed E-state index contributed by atoms with van der Waals surface area (Å²) in [5.41, 5.74) is 5.07. The van der Waals surface area contributed by atoms with Crippen LogP contribution >= 0.6 is 7.75 Å². The van der Waals surface area contributed by atoms with E-state index >= 15 is 0 Å². The van der Waals surface area contributed by atoms with Crippen LogP contribution in [-0.2, 0) is 14.2 Å². The molecule has 34 heavy (non-hydrogen) atoms. The molecule has 0 aliphatic carbocycles. The second-order valence-electron chi connectivity index (χ2n) is 7.98. The summed E-state index contributed by atoms with van der Waals surface area (Å²) in [6, 6.07) is 0. The smallest absolute Gasteiger partial charge is 0.451 e. The normalized spacial score (nSPS) is 13.5. The average molecular weight is 516 g/mol. The molecule has 0 aliphatic heterocycles. The minimum atomic E-state index is -4.59. The summed E-state index contributed by atoms with van der Waals surface area (Å²) in [6.45, 7) is -0.257. The number of nitrogens with two attached hydrogens (primary N) is 1. The number of carboxylic acids is 2. The molecule has 0 aromatic heterocycles. The monoisotopic (exact) mass is 515 g/mol. The van der Waals surface area contributed by atoms with Crippen molar-refractivity contribution in [3.05, 3.63) is 0 Å². The van der Waals surface area contributed by atoms with Gasteiger partial charge in [-0.25, -0.2) is 4.57 Å². The number of aliphatic carboxylic acids is 2. The fourth-order valence-corrected chi connectivity index (χ4v) is 3.28. The molecule has 0 fully saturated rings. The van der Waals surface area contributed by atoms with E-state index in [1.54, 1.807) is 0 Å². The number of carboxylic acid groups (broad SMARTS) is 2. The molecule has 0 saturated heterocycles. The Labute approximate surface area is 200 Å². The largest absolute Gasteiger partial charge is 0.481 e. The van der Waals surface area contributed by atoms with Crippen LogP contribution in [0.3, 0.4) is 0 Å². The highest BCUT2D eigenvalue weighted by atomic mass is 31.2. The third kappa shape index (κ3) is 24.9. The third-order valence-electron chi connectivity index (χ3n) is 4.74. The Hall–Kier alpha value is -1.76. The molecule has 0 bridgehead atoms. The van der Waals surface area contributed by atoms with Gasteiger partial charge >= 0.3 is 19.7 Å². The molecule has 0 heterocycles. The molecule has 2 unspecified atom stereocenters. The number of hydrogen-bond donors (Lipinski definition) is 8. The van der Waals surface area contributed by atoms with Crippen molar-refractivity contribution in [3.8, 4) is 0 Å². The second kappa shape index (κ2) is 20.6. The van der Waals surface area contributed by atoms with Crippen molar-refractivity contribution in [2.45, 2.75) is 89.3 Å². The quantitative estimate of drug-likeness (QED) is 0.0549. The van der Waals surface area contributed by atoms with Gasteiger partial charge in [-0.2, -0.15) is 0 Å². The Morgan fingerprint density at radius 1 is 0.853 bits per heavy atom. The van der Waals surface area contributed by atoms with E-state index in [-0.39, 0.29) is 13.0 Å². The molecule has 0 rings (SSSR count). The van der Waals surface area contributed by atoms with Gasteiger partial charge in [0.15, 0.2) is 0 Å². The van der Waals surface area contributed by atoms with Gasteiger partial charge in [-0.05, 0) is 25.7 Å². The number of aliphatic hydroxyl groups excluding tert-OH is 3. The second-order valence-corrected chi connectivity index (χ2v) is 9.21. The topological polar surface area (TPSA) is 234 Å². The minimum Gasteiger partial charge on any atom is -0.481 e. The Morgan fingerprint density at radius 2 is 1.29 bits per heavy atom. The van der Waals surface area contributed by atoms with Gasteiger partial charge in [0.1, 0.15) is 6.54 Å². The molecule has 202 valence electrons. The van der Waals surface area contributed by atoms with E-state index in [1.165, 1.54) is 7.05 Å². The Morgan fingerprint density at radius 3 is 1.71 bits per heavy atom. The highest BCUT2D eigenvalue weighted by molar-refractivity contribution is 7.50. The number of nitrogens with zero attached hydrogens (tertiary/aromatic N) is 2. The van der Waals surface area contributed by atoms with Gasteiger partial charge in [0, 0.05) is 20.1 Å². The van der Waals surface area contributed by atoms with Gasteiger partial charge in [-0.15, -0.1) is 4.76 Å². The average Bonchev–Trinajstić information content (AvgIpc) is 2.71. The van der Waals surface area contributed by atoms with Crippen molar-refractivity contribution in [3.63, 3.8) is 0 Å². The molecule has 14 heteroatoms. The molecule has 2 atom stereocenters. The first kappa shape index (κ1) is 34.4. The highest BCUT2D eigenvalue weighted by Crippen LogP contribution is 2.35. The third-order valence-corrected chi connectivity index (χ3v) is 5.20. The Bertz CT molecular complexity index is 630. The first-order valence-corrected chi connectivity index (χ1v) is 12.9. The van der Waals surface area contributed by atoms with Crippen LogP contribution in [0, 0.1) is 0 Å². The summed E-state index contributed by atoms with van der Waals surface area (Å²) in [5.74, 6) is -2.44. The summed E-state index contributed by atoms with van der Waals surface area (Å²) in [4.78, 5) is 38.0. The van der Waals surface area contributed by atoms with E-state index in [4.69, 9.17) is 30.8 Å². The van der Waals surface area contributed by atoms with Gasteiger partial charge < -0.3 is 46.0 Å². The van der Waals surface area contributed by atoms with E-state index in [9.17, 15) is 24.4 Å². The Kier molecular flexibility index (Phi) is 20.8. The van der Waals surface area contributed by atoms with Gasteiger partial charge in [0.2, 0.25) is 5.96 Å². The molecule has 0 amide bonds. The van der Waals surface area contributed by atoms with E-state index in [1.807, 2.05) is 0 Å². The summed E-state index contributed by atoms with van der Waals surface area (Å²) in [6.07, 6.45) is 8.25. The SMILES string of the molecule is CN(CC(=O)O)/C(N)=N/P(=O)(O)O.O=C(O)CCCCCCCC(O)C(O)CCCCCCO. The van der Waals surface area contributed by atoms with Crippen LogP contribution in [0.1, 0.15) is 77.0 Å². The maximum Gasteiger partial charge on any atom is 0.451 e. The van der Waals surface area contributed by atoms with Crippen LogP contribution in [0.5, 0.6) is 0 Å². The zero-order valence-electron chi connectivity index (χ0n) is 19.8. The number of guanidine groups is 1. The van der Waals surface area contributed by atoms with E-state index < -0.39 is 44.4 Å². The van der Waals surface area contributed by atoms with Crippen LogP contribution < -0.4 is 5.73 Å². The zero-order chi connectivity index (χ0) is 26.6. The molecule has 0 aromatic carbocycles. The Balaban J connectivity index is 0. The van der Waals surface area contributed by atoms with Gasteiger partial charge in [0.25, 0.3) is 0 Å². The maximum atomic E-state index is 10.3. The lowest BCUT2D eigenvalue weighted by Gasteiger charge is -2.17. The number of carbonyl (C=O) groups is 2. The first-order chi connectivity index (χ1) is 15.8. The summed E-state index contributed by atoms with van der Waals surface area (Å²) < 4.78 is 13.1. The van der Waals surface area contributed by atoms with Gasteiger partial charge in [0.05, 0.1) is 12.2 Å². The number of likely N-dealkylation sites (N-methyl/N-ethyl adjacent to an activating group) is 1. The van der Waals surface area contributed by atoms with E-state index in [2.05, 4.69) is 4.76 Å². The molecule has 0 aliphatic rings. The van der Waals surface area contributed by atoms with Crippen molar-refractivity contribution in [1.29, 1.82) is 0 Å². The number of unbranched alkanes of at least 4 members (excludes halogenated alkanes) is 7. The maximum absolute atomic E-state index is 10.3. The summed E-state index contributed by atoms with van der Waals surface area (Å²) in [5, 5.41) is 45.1. The fraction of sp³-hybridized carbons (Fsp3) is 0.850. The van der Waals surface area contributed by atoms with Crippen molar-refractivity contribution in [2.75, 3.05) is 20.2 Å². The van der Waals surface area contributed by atoms with Crippen LogP contribution in [0.15, 0.2) is 4.76 Å². The minimum absolute atomic E-state index is 0.220. The molecular formula is C20H42N3O10P. The molecule has 0 spiro atoms. The first-order valence-electron chi connectivity index (χ1n) is 11.3. The van der Waals surface area contributed by atoms with Crippen LogP contribution in [0.4, 0.5) is 0 Å². The molecule has 0 radical (unpaired) electrons. The number of aliphatic hydroxyl groups is 3. The van der Waals surface area contributed by atoms with Gasteiger partial charge in [-0.3, -0.25) is 9.59 Å². The zero-order valence-corrected chi connectivity index (χ0v) is 20.7. The van der Waals surface area contributed by atoms with Crippen LogP contribution in [-0.4, -0.2) is 90.5 Å². The summed E-state index contributed by atoms with van der Waals surface area (Å²) in [7, 11) is -3.34. The van der Waals surface area contributed by atoms with Crippen molar-refractivity contribution >= 4 is 25.6 Å². The van der Waals surface area contributed by atoms with E-state index in [0.717, 1.165) is 56.3 Å². The van der Waals surface area contributed by atoms with Crippen molar-refractivity contribution < 1.29 is 49.5 Å². The lowest BCUT2D eigenvalue weighted by atomic mass is 10.00. The summed E-state index contributed by atoms with van der Waals surface area (Å²) >= 11 is 0. The predicted molar refractivity (Wildman–Crippen MR) is 126 cm³/mol. The number of rotatable bonds is 18. The van der Waals surface area contributed by atoms with Crippen molar-refractivity contribution in [2.24, 2.45) is 10.5 Å². The molecule has 13 nitrogen and oxygen atoms in total. The fourth-order valence-electron chi connectivity index (χ4n) is 2.86. The molecule has 0 saturated carbocycles. The molecular weight excluding hydrogens is 473 g/mol. The molecule has 0 aromatic rings.